The summed E-state index contributed by atoms with van der Waals surface area (Å²) in [4.78, 5) is 0. The van der Waals surface area contributed by atoms with Crippen LogP contribution in [0.3, 0.4) is 0 Å². The molecule has 1 aromatic rings. The normalized spacial score (nSPS) is 13.7. The van der Waals surface area contributed by atoms with Crippen LogP contribution in [0.2, 0.25) is 0 Å². The highest BCUT2D eigenvalue weighted by Gasteiger charge is 1.96. The minimum Gasteiger partial charge on any atom is -0.0952 e. The Kier molecular flexibility index (Phi) is 4.80. The van der Waals surface area contributed by atoms with Crippen LogP contribution in [-0.4, -0.2) is 0 Å². The first kappa shape index (κ1) is 14.2. The van der Waals surface area contributed by atoms with E-state index in [1.165, 1.54) is 16.7 Å². The van der Waals surface area contributed by atoms with Gasteiger partial charge in [-0.3, -0.25) is 0 Å². The molecule has 1 aromatic carbocycles. The van der Waals surface area contributed by atoms with Gasteiger partial charge in [-0.05, 0) is 43.0 Å². The van der Waals surface area contributed by atoms with E-state index in [1.54, 1.807) is 0 Å². The van der Waals surface area contributed by atoms with Gasteiger partial charge in [0.05, 0.1) is 0 Å². The Hall–Kier alpha value is -2.26. The number of allylic oxidation sites excluding steroid dienone is 7. The van der Waals surface area contributed by atoms with Crippen LogP contribution in [0.25, 0.3) is 5.57 Å². The molecule has 0 saturated heterocycles. The summed E-state index contributed by atoms with van der Waals surface area (Å²) in [5.74, 6) is 6.48. The molecule has 20 heavy (non-hydrogen) atoms. The zero-order valence-electron chi connectivity index (χ0n) is 12.2. The lowest BCUT2D eigenvalue weighted by atomic mass is 10.0. The third-order valence-electron chi connectivity index (χ3n) is 3.35. The first-order valence-corrected chi connectivity index (χ1v) is 7.03. The zero-order chi connectivity index (χ0) is 14.4. The van der Waals surface area contributed by atoms with E-state index >= 15 is 0 Å². The molecule has 0 heterocycles. The van der Waals surface area contributed by atoms with Crippen molar-refractivity contribution in [1.29, 1.82) is 0 Å². The Morgan fingerprint density at radius 2 is 1.90 bits per heavy atom. The van der Waals surface area contributed by atoms with Gasteiger partial charge in [0.15, 0.2) is 0 Å². The van der Waals surface area contributed by atoms with Gasteiger partial charge in [-0.25, -0.2) is 0 Å². The average molecular weight is 260 g/mol. The second kappa shape index (κ2) is 6.78. The molecule has 0 spiro atoms. The van der Waals surface area contributed by atoms with Crippen molar-refractivity contribution in [2.24, 2.45) is 0 Å². The van der Waals surface area contributed by atoms with Crippen LogP contribution in [-0.2, 0) is 0 Å². The molecular weight excluding hydrogens is 240 g/mol. The fourth-order valence-corrected chi connectivity index (χ4v) is 1.97. The van der Waals surface area contributed by atoms with Gasteiger partial charge in [0, 0.05) is 11.1 Å². The lowest BCUT2D eigenvalue weighted by molar-refractivity contribution is 1.24. The van der Waals surface area contributed by atoms with Gasteiger partial charge < -0.3 is 0 Å². The second-order valence-corrected chi connectivity index (χ2v) is 4.99. The molecule has 0 aromatic heterocycles. The number of benzene rings is 1. The standard InChI is InChI=1S/C20H20/c1-4-17(3)20-14-12-19(13-15-20)11-10-18-7-5-6-16(2)8-9-18/h5-6,8-9,12-15H,3-4,7H2,1-2H3. The van der Waals surface area contributed by atoms with Crippen LogP contribution in [0.1, 0.15) is 37.8 Å². The molecule has 0 N–H and O–H groups in total. The largest absolute Gasteiger partial charge is 0.0952 e. The molecule has 0 radical (unpaired) electrons. The van der Waals surface area contributed by atoms with Crippen molar-refractivity contribution in [3.63, 3.8) is 0 Å². The molecule has 100 valence electrons. The maximum Gasteiger partial charge on any atom is 0.0249 e. The van der Waals surface area contributed by atoms with Crippen molar-refractivity contribution in [3.05, 3.63) is 77.4 Å². The van der Waals surface area contributed by atoms with Crippen LogP contribution in [0.15, 0.2) is 66.3 Å². The molecule has 0 atom stereocenters. The summed E-state index contributed by atoms with van der Waals surface area (Å²) in [6, 6.07) is 8.33. The highest BCUT2D eigenvalue weighted by atomic mass is 14.0. The molecule has 2 rings (SSSR count). The van der Waals surface area contributed by atoms with Crippen molar-refractivity contribution < 1.29 is 0 Å². The van der Waals surface area contributed by atoms with Crippen molar-refractivity contribution >= 4 is 5.57 Å². The third-order valence-corrected chi connectivity index (χ3v) is 3.35. The molecule has 0 amide bonds. The quantitative estimate of drug-likeness (QED) is 0.633. The Morgan fingerprint density at radius 1 is 1.15 bits per heavy atom. The fraction of sp³-hybridized carbons (Fsp3) is 0.200. The predicted octanol–water partition coefficient (Wildman–Crippen LogP) is 5.29. The Bertz CT molecular complexity index is 638. The Labute approximate surface area is 122 Å². The molecule has 0 nitrogen and oxygen atoms in total. The van der Waals surface area contributed by atoms with Gasteiger partial charge in [0.2, 0.25) is 0 Å². The Balaban J connectivity index is 2.13. The third kappa shape index (κ3) is 3.87. The van der Waals surface area contributed by atoms with E-state index < -0.39 is 0 Å². The summed E-state index contributed by atoms with van der Waals surface area (Å²) in [6.45, 7) is 8.27. The maximum absolute atomic E-state index is 4.05. The maximum atomic E-state index is 4.05. The van der Waals surface area contributed by atoms with Crippen molar-refractivity contribution in [2.75, 3.05) is 0 Å². The number of rotatable bonds is 2. The first-order chi connectivity index (χ1) is 9.69. The molecule has 0 unspecified atom stereocenters. The summed E-state index contributed by atoms with van der Waals surface area (Å²) >= 11 is 0. The monoisotopic (exact) mass is 260 g/mol. The van der Waals surface area contributed by atoms with Crippen LogP contribution >= 0.6 is 0 Å². The summed E-state index contributed by atoms with van der Waals surface area (Å²) in [6.07, 6.45) is 10.4. The number of hydrogen-bond acceptors (Lipinski definition) is 0. The molecular formula is C20H20. The van der Waals surface area contributed by atoms with Crippen LogP contribution in [0.4, 0.5) is 0 Å². The zero-order valence-corrected chi connectivity index (χ0v) is 12.2. The van der Waals surface area contributed by atoms with Gasteiger partial charge in [0.25, 0.3) is 0 Å². The molecule has 0 bridgehead atoms. The van der Waals surface area contributed by atoms with Crippen LogP contribution in [0, 0.1) is 11.8 Å². The van der Waals surface area contributed by atoms with E-state index in [9.17, 15) is 0 Å². The van der Waals surface area contributed by atoms with Crippen molar-refractivity contribution in [3.8, 4) is 11.8 Å². The number of hydrogen-bond donors (Lipinski definition) is 0. The molecule has 0 aliphatic heterocycles. The minimum absolute atomic E-state index is 0.908. The average Bonchev–Trinajstić information content (AvgIpc) is 2.69. The van der Waals surface area contributed by atoms with Crippen molar-refractivity contribution in [2.45, 2.75) is 26.7 Å². The summed E-state index contributed by atoms with van der Waals surface area (Å²) < 4.78 is 0. The Morgan fingerprint density at radius 3 is 2.60 bits per heavy atom. The van der Waals surface area contributed by atoms with Gasteiger partial charge in [0.1, 0.15) is 0 Å². The van der Waals surface area contributed by atoms with Gasteiger partial charge in [-0.1, -0.05) is 67.4 Å². The molecule has 0 saturated carbocycles. The van der Waals surface area contributed by atoms with E-state index in [4.69, 9.17) is 0 Å². The van der Waals surface area contributed by atoms with Crippen molar-refractivity contribution in [1.82, 2.24) is 0 Å². The fourth-order valence-electron chi connectivity index (χ4n) is 1.97. The van der Waals surface area contributed by atoms with E-state index in [0.717, 1.165) is 24.0 Å². The van der Waals surface area contributed by atoms with E-state index in [0.29, 0.717) is 0 Å². The van der Waals surface area contributed by atoms with Crippen LogP contribution < -0.4 is 0 Å². The topological polar surface area (TPSA) is 0 Å². The summed E-state index contributed by atoms with van der Waals surface area (Å²) in [5.41, 5.74) is 5.84. The SMILES string of the molecule is C=C(CC)c1ccc(C#CC2=CC=C(C)C=CC2)cc1. The lowest BCUT2D eigenvalue weighted by Gasteiger charge is -2.01. The van der Waals surface area contributed by atoms with E-state index in [2.05, 4.69) is 80.8 Å². The van der Waals surface area contributed by atoms with Gasteiger partial charge in [-0.2, -0.15) is 0 Å². The summed E-state index contributed by atoms with van der Waals surface area (Å²) in [7, 11) is 0. The highest BCUT2D eigenvalue weighted by Crippen LogP contribution is 2.16. The predicted molar refractivity (Wildman–Crippen MR) is 88.2 cm³/mol. The first-order valence-electron chi connectivity index (χ1n) is 7.03. The van der Waals surface area contributed by atoms with Crippen LogP contribution in [0.5, 0.6) is 0 Å². The van der Waals surface area contributed by atoms with Gasteiger partial charge in [-0.15, -0.1) is 0 Å². The molecule has 1 aliphatic carbocycles. The van der Waals surface area contributed by atoms with E-state index in [-0.39, 0.29) is 0 Å². The smallest absolute Gasteiger partial charge is 0.0249 e. The molecule has 0 fully saturated rings. The second-order valence-electron chi connectivity index (χ2n) is 4.99. The highest BCUT2D eigenvalue weighted by molar-refractivity contribution is 5.63. The van der Waals surface area contributed by atoms with E-state index in [1.807, 2.05) is 0 Å². The lowest BCUT2D eigenvalue weighted by Crippen LogP contribution is -1.82. The molecule has 1 aliphatic rings. The molecule has 0 heteroatoms. The minimum atomic E-state index is 0.908. The van der Waals surface area contributed by atoms with Gasteiger partial charge >= 0.3 is 0 Å². The summed E-state index contributed by atoms with van der Waals surface area (Å²) in [5, 5.41) is 0.